The highest BCUT2D eigenvalue weighted by Gasteiger charge is 2.25. The van der Waals surface area contributed by atoms with Gasteiger partial charge in [-0.05, 0) is 23.1 Å². The van der Waals surface area contributed by atoms with Crippen molar-refractivity contribution in [3.05, 3.63) is 74.4 Å². The van der Waals surface area contributed by atoms with E-state index in [1.165, 1.54) is 16.9 Å². The zero-order valence-electron chi connectivity index (χ0n) is 13.9. The molecule has 0 spiro atoms. The number of carbonyl (C=O) groups excluding carboxylic acids is 1. The third-order valence-electron chi connectivity index (χ3n) is 3.89. The molecule has 1 fully saturated rings. The van der Waals surface area contributed by atoms with Gasteiger partial charge < -0.3 is 10.2 Å². The first-order valence-electron chi connectivity index (χ1n) is 8.23. The molecule has 0 bridgehead atoms. The van der Waals surface area contributed by atoms with Crippen molar-refractivity contribution < 1.29 is 4.79 Å². The van der Waals surface area contributed by atoms with Crippen LogP contribution in [0.5, 0.6) is 0 Å². The maximum absolute atomic E-state index is 12.6. The number of nitrogens with zero attached hydrogens (tertiary/aromatic N) is 2. The summed E-state index contributed by atoms with van der Waals surface area (Å²) in [5.74, 6) is 1.00. The zero-order chi connectivity index (χ0) is 17.8. The van der Waals surface area contributed by atoms with Crippen LogP contribution in [0.15, 0.2) is 58.3 Å². The van der Waals surface area contributed by atoms with Crippen molar-refractivity contribution in [1.29, 1.82) is 0 Å². The van der Waals surface area contributed by atoms with Gasteiger partial charge in [-0.25, -0.2) is 4.98 Å². The summed E-state index contributed by atoms with van der Waals surface area (Å²) in [7, 11) is 0. The van der Waals surface area contributed by atoms with Crippen LogP contribution in [0, 0.1) is 0 Å². The summed E-state index contributed by atoms with van der Waals surface area (Å²) in [4.78, 5) is 19.9. The lowest BCUT2D eigenvalue weighted by Gasteiger charge is -2.15. The highest BCUT2D eigenvalue weighted by atomic mass is 32.2. The van der Waals surface area contributed by atoms with Gasteiger partial charge in [0.1, 0.15) is 0 Å². The van der Waals surface area contributed by atoms with Crippen LogP contribution < -0.4 is 5.32 Å². The van der Waals surface area contributed by atoms with Crippen molar-refractivity contribution in [3.63, 3.8) is 0 Å². The van der Waals surface area contributed by atoms with E-state index in [1.807, 2.05) is 52.1 Å². The normalized spacial score (nSPS) is 15.5. The van der Waals surface area contributed by atoms with Crippen molar-refractivity contribution in [2.45, 2.75) is 6.54 Å². The standard InChI is InChI=1S/C19H17N3OS3/c23-18(16-7-4-9-24-16)22-8-10-25-17(22)11-15-13-26-19(21-15)20-12-14-5-2-1-3-6-14/h1-7,9,11,13H,8,10,12H2,(H,20,21)/b17-11+. The summed E-state index contributed by atoms with van der Waals surface area (Å²) < 4.78 is 0. The Labute approximate surface area is 164 Å². The number of benzene rings is 1. The summed E-state index contributed by atoms with van der Waals surface area (Å²) in [6.07, 6.45) is 2.01. The van der Waals surface area contributed by atoms with E-state index in [0.29, 0.717) is 0 Å². The molecule has 1 amide bonds. The van der Waals surface area contributed by atoms with Crippen LogP contribution in [-0.2, 0) is 6.54 Å². The Morgan fingerprint density at radius 1 is 1.19 bits per heavy atom. The molecule has 0 unspecified atom stereocenters. The van der Waals surface area contributed by atoms with Gasteiger partial charge in [-0.1, -0.05) is 36.4 Å². The fourth-order valence-electron chi connectivity index (χ4n) is 2.62. The van der Waals surface area contributed by atoms with Gasteiger partial charge in [0.25, 0.3) is 5.91 Å². The van der Waals surface area contributed by atoms with Crippen molar-refractivity contribution in [2.75, 3.05) is 17.6 Å². The van der Waals surface area contributed by atoms with Gasteiger partial charge in [0.2, 0.25) is 0 Å². The molecular formula is C19H17N3OS3. The number of aromatic nitrogens is 1. The average molecular weight is 400 g/mol. The lowest BCUT2D eigenvalue weighted by Crippen LogP contribution is -2.25. The third-order valence-corrected chi connectivity index (χ3v) is 6.58. The first kappa shape index (κ1) is 17.3. The maximum atomic E-state index is 12.6. The van der Waals surface area contributed by atoms with E-state index in [0.717, 1.165) is 39.6 Å². The molecule has 3 heterocycles. The first-order valence-corrected chi connectivity index (χ1v) is 11.0. The van der Waals surface area contributed by atoms with Gasteiger partial charge in [-0.15, -0.1) is 34.4 Å². The van der Waals surface area contributed by atoms with Gasteiger partial charge >= 0.3 is 0 Å². The topological polar surface area (TPSA) is 45.2 Å². The predicted molar refractivity (Wildman–Crippen MR) is 112 cm³/mol. The number of thiophene rings is 1. The summed E-state index contributed by atoms with van der Waals surface area (Å²) >= 11 is 4.77. The predicted octanol–water partition coefficient (Wildman–Crippen LogP) is 5.00. The summed E-state index contributed by atoms with van der Waals surface area (Å²) in [5, 5.41) is 9.18. The molecule has 132 valence electrons. The quantitative estimate of drug-likeness (QED) is 0.655. The Morgan fingerprint density at radius 2 is 2.08 bits per heavy atom. The molecule has 26 heavy (non-hydrogen) atoms. The van der Waals surface area contributed by atoms with Crippen LogP contribution in [-0.4, -0.2) is 28.1 Å². The molecule has 1 aliphatic rings. The van der Waals surface area contributed by atoms with Crippen LogP contribution in [0.3, 0.4) is 0 Å². The molecule has 3 aromatic rings. The van der Waals surface area contributed by atoms with Crippen molar-refractivity contribution in [2.24, 2.45) is 0 Å². The Balaban J connectivity index is 1.44. The minimum Gasteiger partial charge on any atom is -0.357 e. The summed E-state index contributed by atoms with van der Waals surface area (Å²) in [6, 6.07) is 14.0. The monoisotopic (exact) mass is 399 g/mol. The van der Waals surface area contributed by atoms with E-state index in [1.54, 1.807) is 23.1 Å². The molecule has 4 nitrogen and oxygen atoms in total. The molecule has 4 rings (SSSR count). The van der Waals surface area contributed by atoms with Crippen LogP contribution in [0.1, 0.15) is 20.9 Å². The molecule has 1 saturated heterocycles. The van der Waals surface area contributed by atoms with Gasteiger partial charge in [0.05, 0.1) is 15.6 Å². The molecule has 0 radical (unpaired) electrons. The lowest BCUT2D eigenvalue weighted by atomic mass is 10.2. The fourth-order valence-corrected chi connectivity index (χ4v) is 4.97. The van der Waals surface area contributed by atoms with Gasteiger partial charge in [0.15, 0.2) is 5.13 Å². The largest absolute Gasteiger partial charge is 0.357 e. The molecule has 7 heteroatoms. The zero-order valence-corrected chi connectivity index (χ0v) is 16.4. The van der Waals surface area contributed by atoms with Gasteiger partial charge in [0, 0.05) is 24.2 Å². The lowest BCUT2D eigenvalue weighted by molar-refractivity contribution is 0.0835. The molecular weight excluding hydrogens is 382 g/mol. The highest BCUT2D eigenvalue weighted by Crippen LogP contribution is 2.32. The summed E-state index contributed by atoms with van der Waals surface area (Å²) in [6.45, 7) is 1.50. The van der Waals surface area contributed by atoms with Crippen molar-refractivity contribution in [3.8, 4) is 0 Å². The number of amides is 1. The van der Waals surface area contributed by atoms with E-state index in [2.05, 4.69) is 22.4 Å². The minimum absolute atomic E-state index is 0.0777. The molecule has 1 N–H and O–H groups in total. The average Bonchev–Trinajstić information content (AvgIpc) is 3.43. The fraction of sp³-hybridized carbons (Fsp3) is 0.158. The summed E-state index contributed by atoms with van der Waals surface area (Å²) in [5.41, 5.74) is 2.11. The number of hydrogen-bond acceptors (Lipinski definition) is 6. The second-order valence-electron chi connectivity index (χ2n) is 5.68. The second-order valence-corrected chi connectivity index (χ2v) is 8.60. The second kappa shape index (κ2) is 8.07. The third kappa shape index (κ3) is 4.00. The van der Waals surface area contributed by atoms with E-state index >= 15 is 0 Å². The minimum atomic E-state index is 0.0777. The van der Waals surface area contributed by atoms with Gasteiger partial charge in [-0.2, -0.15) is 0 Å². The van der Waals surface area contributed by atoms with Gasteiger partial charge in [-0.3, -0.25) is 4.79 Å². The smallest absolute Gasteiger partial charge is 0.268 e. The van der Waals surface area contributed by atoms with Crippen LogP contribution in [0.25, 0.3) is 6.08 Å². The van der Waals surface area contributed by atoms with Crippen LogP contribution in [0.2, 0.25) is 0 Å². The van der Waals surface area contributed by atoms with E-state index in [-0.39, 0.29) is 5.91 Å². The van der Waals surface area contributed by atoms with Crippen molar-refractivity contribution in [1.82, 2.24) is 9.88 Å². The Morgan fingerprint density at radius 3 is 2.88 bits per heavy atom. The number of hydrogen-bond donors (Lipinski definition) is 1. The molecule has 2 aromatic heterocycles. The molecule has 0 atom stereocenters. The van der Waals surface area contributed by atoms with E-state index < -0.39 is 0 Å². The Hall–Kier alpha value is -2.09. The number of carbonyl (C=O) groups is 1. The molecule has 1 aromatic carbocycles. The molecule has 1 aliphatic heterocycles. The van der Waals surface area contributed by atoms with Crippen LogP contribution >= 0.6 is 34.4 Å². The molecule has 0 aliphatic carbocycles. The Kier molecular flexibility index (Phi) is 5.38. The first-order chi connectivity index (χ1) is 12.8. The Bertz CT molecular complexity index is 903. The van der Waals surface area contributed by atoms with Crippen LogP contribution in [0.4, 0.5) is 5.13 Å². The SMILES string of the molecule is O=C(c1cccs1)N1CCS/C1=C/c1csc(NCc2ccccc2)n1. The number of rotatable bonds is 5. The van der Waals surface area contributed by atoms with Crippen molar-refractivity contribution >= 4 is 51.6 Å². The van der Waals surface area contributed by atoms with E-state index in [9.17, 15) is 4.79 Å². The highest BCUT2D eigenvalue weighted by molar-refractivity contribution is 8.03. The number of thioether (sulfide) groups is 1. The number of anilines is 1. The number of thiazole rings is 1. The van der Waals surface area contributed by atoms with E-state index in [4.69, 9.17) is 0 Å². The number of nitrogens with one attached hydrogen (secondary N) is 1. The maximum Gasteiger partial charge on any atom is 0.268 e. The molecule has 0 saturated carbocycles.